The van der Waals surface area contributed by atoms with Crippen LogP contribution >= 0.6 is 0 Å². The maximum absolute atomic E-state index is 13.1. The molecule has 1 saturated carbocycles. The number of nitrogens with zero attached hydrogens (tertiary/aromatic N) is 2. The van der Waals surface area contributed by atoms with Gasteiger partial charge in [0.15, 0.2) is 0 Å². The van der Waals surface area contributed by atoms with Gasteiger partial charge in [0.25, 0.3) is 5.91 Å². The van der Waals surface area contributed by atoms with Gasteiger partial charge in [0.2, 0.25) is 0 Å². The fourth-order valence-corrected chi connectivity index (χ4v) is 4.02. The summed E-state index contributed by atoms with van der Waals surface area (Å²) in [6, 6.07) is 6.23. The van der Waals surface area contributed by atoms with Crippen LogP contribution in [0, 0.1) is 5.41 Å². The van der Waals surface area contributed by atoms with Gasteiger partial charge in [0, 0.05) is 50.8 Å². The van der Waals surface area contributed by atoms with E-state index in [4.69, 9.17) is 5.41 Å². The Morgan fingerprint density at radius 3 is 3.04 bits per heavy atom. The Kier molecular flexibility index (Phi) is 6.81. The van der Waals surface area contributed by atoms with Crippen LogP contribution in [0.2, 0.25) is 0 Å². The number of rotatable bonds is 8. The van der Waals surface area contributed by atoms with Gasteiger partial charge in [-0.15, -0.1) is 0 Å². The molecule has 150 valence electrons. The van der Waals surface area contributed by atoms with E-state index >= 15 is 0 Å². The van der Waals surface area contributed by atoms with Crippen molar-refractivity contribution in [2.75, 3.05) is 20.1 Å². The molecule has 2 heterocycles. The first-order valence-corrected chi connectivity index (χ1v) is 10.0. The van der Waals surface area contributed by atoms with Crippen molar-refractivity contribution in [3.63, 3.8) is 0 Å². The van der Waals surface area contributed by atoms with Crippen molar-refractivity contribution in [1.29, 1.82) is 5.41 Å². The summed E-state index contributed by atoms with van der Waals surface area (Å²) >= 11 is 0. The summed E-state index contributed by atoms with van der Waals surface area (Å²) in [5, 5.41) is 14.0. The van der Waals surface area contributed by atoms with Crippen molar-refractivity contribution >= 4 is 23.2 Å². The number of aromatic nitrogens is 2. The number of hydrogen-bond donors (Lipinski definition) is 4. The molecule has 0 aliphatic heterocycles. The van der Waals surface area contributed by atoms with E-state index < -0.39 is 0 Å². The molecule has 1 aliphatic carbocycles. The lowest BCUT2D eigenvalue weighted by molar-refractivity contribution is 0.0624. The van der Waals surface area contributed by atoms with Gasteiger partial charge in [0.1, 0.15) is 5.69 Å². The SMILES string of the molecule is CCN(C(=O)c1cc2ncccc2[nH]1)[C@H]1CCC[C@@H](NC/C(C=N)=C/NC)C1. The maximum atomic E-state index is 13.1. The highest BCUT2D eigenvalue weighted by atomic mass is 16.2. The highest BCUT2D eigenvalue weighted by Crippen LogP contribution is 2.25. The van der Waals surface area contributed by atoms with Crippen LogP contribution in [0.3, 0.4) is 0 Å². The zero-order valence-corrected chi connectivity index (χ0v) is 16.7. The van der Waals surface area contributed by atoms with Gasteiger partial charge in [-0.2, -0.15) is 0 Å². The average Bonchev–Trinajstić information content (AvgIpc) is 3.16. The first-order valence-electron chi connectivity index (χ1n) is 10.0. The number of H-pyrrole nitrogens is 1. The molecule has 2 aromatic rings. The normalized spacial score (nSPS) is 20.1. The number of carbonyl (C=O) groups excluding carboxylic acids is 1. The summed E-state index contributed by atoms with van der Waals surface area (Å²) < 4.78 is 0. The second-order valence-corrected chi connectivity index (χ2v) is 7.26. The summed E-state index contributed by atoms with van der Waals surface area (Å²) in [7, 11) is 1.84. The van der Waals surface area contributed by atoms with Crippen LogP contribution in [0.25, 0.3) is 11.0 Å². The molecular weight excluding hydrogens is 352 g/mol. The number of nitrogens with one attached hydrogen (secondary N) is 4. The van der Waals surface area contributed by atoms with Crippen LogP contribution in [-0.4, -0.2) is 59.2 Å². The second kappa shape index (κ2) is 9.50. The summed E-state index contributed by atoms with van der Waals surface area (Å²) in [6.07, 6.45) is 9.11. The number of carbonyl (C=O) groups is 1. The van der Waals surface area contributed by atoms with E-state index in [0.717, 1.165) is 42.3 Å². The van der Waals surface area contributed by atoms with Gasteiger partial charge in [0.05, 0.1) is 11.0 Å². The van der Waals surface area contributed by atoms with E-state index in [0.29, 0.717) is 24.8 Å². The summed E-state index contributed by atoms with van der Waals surface area (Å²) in [5.41, 5.74) is 3.23. The van der Waals surface area contributed by atoms with Crippen LogP contribution < -0.4 is 10.6 Å². The third-order valence-electron chi connectivity index (χ3n) is 5.42. The molecule has 0 aromatic carbocycles. The van der Waals surface area contributed by atoms with E-state index in [9.17, 15) is 4.79 Å². The minimum atomic E-state index is 0.0430. The number of fused-ring (bicyclic) bond motifs is 1. The highest BCUT2D eigenvalue weighted by molar-refractivity contribution is 5.97. The van der Waals surface area contributed by atoms with E-state index in [1.165, 1.54) is 6.21 Å². The Morgan fingerprint density at radius 2 is 2.32 bits per heavy atom. The van der Waals surface area contributed by atoms with Crippen molar-refractivity contribution in [2.45, 2.75) is 44.7 Å². The zero-order chi connectivity index (χ0) is 19.9. The molecule has 1 aliphatic rings. The van der Waals surface area contributed by atoms with E-state index in [1.807, 2.05) is 43.3 Å². The lowest BCUT2D eigenvalue weighted by Crippen LogP contribution is -2.47. The van der Waals surface area contributed by atoms with Crippen LogP contribution in [-0.2, 0) is 0 Å². The molecule has 2 atom stereocenters. The minimum absolute atomic E-state index is 0.0430. The Bertz CT molecular complexity index is 809. The third kappa shape index (κ3) is 4.59. The monoisotopic (exact) mass is 382 g/mol. The summed E-state index contributed by atoms with van der Waals surface area (Å²) in [6.45, 7) is 3.39. The Balaban J connectivity index is 1.66. The molecule has 0 saturated heterocycles. The van der Waals surface area contributed by atoms with E-state index in [-0.39, 0.29) is 11.9 Å². The predicted molar refractivity (Wildman–Crippen MR) is 113 cm³/mol. The highest BCUT2D eigenvalue weighted by Gasteiger charge is 2.30. The summed E-state index contributed by atoms with van der Waals surface area (Å²) in [5.74, 6) is 0.0430. The molecule has 1 fully saturated rings. The van der Waals surface area contributed by atoms with Gasteiger partial charge >= 0.3 is 0 Å². The van der Waals surface area contributed by atoms with Gasteiger partial charge in [-0.1, -0.05) is 0 Å². The fourth-order valence-electron chi connectivity index (χ4n) is 4.02. The molecule has 0 unspecified atom stereocenters. The fraction of sp³-hybridized carbons (Fsp3) is 0.476. The Hall–Kier alpha value is -2.67. The average molecular weight is 383 g/mol. The number of aromatic amines is 1. The van der Waals surface area contributed by atoms with Crippen molar-refractivity contribution in [3.8, 4) is 0 Å². The maximum Gasteiger partial charge on any atom is 0.270 e. The zero-order valence-electron chi connectivity index (χ0n) is 16.7. The molecule has 2 aromatic heterocycles. The van der Waals surface area contributed by atoms with Gasteiger partial charge in [-0.3, -0.25) is 9.78 Å². The standard InChI is InChI=1S/C21H30N6O/c1-3-27(21(28)20-11-19-18(26-20)8-5-9-24-19)17-7-4-6-16(10-17)25-14-15(12-22)13-23-2/h5,8-9,11-13,16-17,22-23,25-26H,3-4,6-7,10,14H2,1-2H3/b15-13+,22-12?/t16-,17+/m1/s1. The van der Waals surface area contributed by atoms with Crippen LogP contribution in [0.4, 0.5) is 0 Å². The molecule has 4 N–H and O–H groups in total. The molecule has 0 radical (unpaired) electrons. The smallest absolute Gasteiger partial charge is 0.270 e. The van der Waals surface area contributed by atoms with E-state index in [2.05, 4.69) is 20.6 Å². The van der Waals surface area contributed by atoms with Crippen molar-refractivity contribution in [2.24, 2.45) is 0 Å². The molecule has 7 nitrogen and oxygen atoms in total. The first kappa shape index (κ1) is 20.1. The lowest BCUT2D eigenvalue weighted by atomic mass is 9.89. The number of hydrogen-bond acceptors (Lipinski definition) is 5. The van der Waals surface area contributed by atoms with Crippen molar-refractivity contribution < 1.29 is 4.79 Å². The Morgan fingerprint density at radius 1 is 1.46 bits per heavy atom. The van der Waals surface area contributed by atoms with Gasteiger partial charge < -0.3 is 25.9 Å². The molecule has 0 spiro atoms. The lowest BCUT2D eigenvalue weighted by Gasteiger charge is -2.37. The van der Waals surface area contributed by atoms with Crippen molar-refractivity contribution in [1.82, 2.24) is 25.5 Å². The third-order valence-corrected chi connectivity index (χ3v) is 5.42. The molecule has 3 rings (SSSR count). The van der Waals surface area contributed by atoms with Gasteiger partial charge in [-0.05, 0) is 56.4 Å². The molecular formula is C21H30N6O. The quantitative estimate of drug-likeness (QED) is 0.528. The topological polar surface area (TPSA) is 96.9 Å². The Labute approximate surface area is 166 Å². The molecule has 1 amide bonds. The van der Waals surface area contributed by atoms with Crippen LogP contribution in [0.1, 0.15) is 43.1 Å². The minimum Gasteiger partial charge on any atom is -0.394 e. The number of pyridine rings is 1. The van der Waals surface area contributed by atoms with Crippen LogP contribution in [0.5, 0.6) is 0 Å². The molecule has 28 heavy (non-hydrogen) atoms. The molecule has 0 bridgehead atoms. The predicted octanol–water partition coefficient (Wildman–Crippen LogP) is 2.68. The number of amides is 1. The van der Waals surface area contributed by atoms with Crippen molar-refractivity contribution in [3.05, 3.63) is 41.9 Å². The van der Waals surface area contributed by atoms with Gasteiger partial charge in [-0.25, -0.2) is 0 Å². The second-order valence-electron chi connectivity index (χ2n) is 7.26. The molecule has 7 heteroatoms. The first-order chi connectivity index (χ1) is 13.7. The summed E-state index contributed by atoms with van der Waals surface area (Å²) in [4.78, 5) is 22.7. The largest absolute Gasteiger partial charge is 0.394 e. The van der Waals surface area contributed by atoms with E-state index in [1.54, 1.807) is 6.20 Å². The van der Waals surface area contributed by atoms with Crippen LogP contribution in [0.15, 0.2) is 36.2 Å².